The Labute approximate surface area is 72.3 Å². The summed E-state index contributed by atoms with van der Waals surface area (Å²) >= 11 is 0. The molecule has 0 saturated heterocycles. The zero-order valence-electron chi connectivity index (χ0n) is 6.93. The van der Waals surface area contributed by atoms with Crippen molar-refractivity contribution in [1.29, 1.82) is 0 Å². The lowest BCUT2D eigenvalue weighted by molar-refractivity contribution is -0.272. The quantitative estimate of drug-likeness (QED) is 0.471. The van der Waals surface area contributed by atoms with Crippen molar-refractivity contribution in [2.45, 2.75) is 0 Å². The standard InChI is InChI=1S/C12H12/c1-3-7-10-6-2-4-8-9(5(1)6)11(7)12(8)10/h1-12H. The van der Waals surface area contributed by atoms with E-state index in [1.807, 2.05) is 0 Å². The fraction of sp³-hybridized carbons (Fsp3) is 0.667. The van der Waals surface area contributed by atoms with Crippen molar-refractivity contribution in [3.05, 3.63) is 24.3 Å². The second-order valence-electron chi connectivity index (χ2n) is 5.39. The first kappa shape index (κ1) is 5.26. The van der Waals surface area contributed by atoms with Gasteiger partial charge in [0.05, 0.1) is 0 Å². The van der Waals surface area contributed by atoms with Gasteiger partial charge in [0.1, 0.15) is 0 Å². The molecule has 12 heavy (non-hydrogen) atoms. The third kappa shape index (κ3) is 0.278. The smallest absolute Gasteiger partial charge is 0.0130 e. The van der Waals surface area contributed by atoms with Gasteiger partial charge in [-0.1, -0.05) is 24.3 Å². The molecular formula is C12H12. The first-order chi connectivity index (χ1) is 5.97. The Hall–Kier alpha value is -0.520. The van der Waals surface area contributed by atoms with Gasteiger partial charge >= 0.3 is 0 Å². The molecule has 0 radical (unpaired) electrons. The molecule has 0 amide bonds. The lowest BCUT2D eigenvalue weighted by Crippen LogP contribution is -2.75. The Morgan fingerprint density at radius 2 is 0.833 bits per heavy atom. The second kappa shape index (κ2) is 1.25. The van der Waals surface area contributed by atoms with Crippen molar-refractivity contribution < 1.29 is 0 Å². The molecule has 0 spiro atoms. The molecule has 0 atom stereocenters. The van der Waals surface area contributed by atoms with Gasteiger partial charge in [0.15, 0.2) is 0 Å². The molecule has 0 unspecified atom stereocenters. The fourth-order valence-corrected chi connectivity index (χ4v) is 5.35. The molecular weight excluding hydrogens is 144 g/mol. The average molecular weight is 156 g/mol. The summed E-state index contributed by atoms with van der Waals surface area (Å²) in [6.45, 7) is 0. The summed E-state index contributed by atoms with van der Waals surface area (Å²) < 4.78 is 0. The molecule has 0 heteroatoms. The van der Waals surface area contributed by atoms with Gasteiger partial charge in [0.2, 0.25) is 0 Å². The van der Waals surface area contributed by atoms with E-state index in [0.29, 0.717) is 0 Å². The normalized spacial score (nSPS) is 77.3. The number of hydrogen-bond acceptors (Lipinski definition) is 0. The summed E-state index contributed by atoms with van der Waals surface area (Å²) in [5.41, 5.74) is 0. The highest BCUT2D eigenvalue weighted by atomic mass is 14.8. The van der Waals surface area contributed by atoms with Crippen molar-refractivity contribution >= 4 is 0 Å². The molecule has 4 fully saturated rings. The van der Waals surface area contributed by atoms with Gasteiger partial charge in [-0.05, 0) is 47.3 Å². The molecule has 0 nitrogen and oxygen atoms in total. The molecule has 0 heterocycles. The fourth-order valence-electron chi connectivity index (χ4n) is 5.35. The van der Waals surface area contributed by atoms with Gasteiger partial charge in [-0.2, -0.15) is 0 Å². The molecule has 8 aliphatic carbocycles. The average Bonchev–Trinajstić information content (AvgIpc) is 2.08. The van der Waals surface area contributed by atoms with Gasteiger partial charge in [0.25, 0.3) is 0 Å². The van der Waals surface area contributed by atoms with Gasteiger partial charge in [-0.3, -0.25) is 0 Å². The lowest BCUT2D eigenvalue weighted by atomic mass is 9.24. The van der Waals surface area contributed by atoms with E-state index in [1.165, 1.54) is 0 Å². The molecule has 8 rings (SSSR count). The third-order valence-electron chi connectivity index (χ3n) is 5.56. The van der Waals surface area contributed by atoms with Crippen molar-refractivity contribution in [3.63, 3.8) is 0 Å². The van der Waals surface area contributed by atoms with Crippen LogP contribution in [0.2, 0.25) is 0 Å². The van der Waals surface area contributed by atoms with Crippen LogP contribution in [0.5, 0.6) is 0 Å². The molecule has 8 bridgehead atoms. The van der Waals surface area contributed by atoms with Crippen molar-refractivity contribution in [1.82, 2.24) is 0 Å². The van der Waals surface area contributed by atoms with Crippen molar-refractivity contribution in [3.8, 4) is 0 Å². The van der Waals surface area contributed by atoms with Crippen LogP contribution in [0.4, 0.5) is 0 Å². The van der Waals surface area contributed by atoms with Crippen molar-refractivity contribution in [2.75, 3.05) is 0 Å². The first-order valence-electron chi connectivity index (χ1n) is 5.33. The van der Waals surface area contributed by atoms with E-state index in [-0.39, 0.29) is 0 Å². The summed E-state index contributed by atoms with van der Waals surface area (Å²) in [7, 11) is 0. The first-order valence-corrected chi connectivity index (χ1v) is 5.33. The lowest BCUT2D eigenvalue weighted by Gasteiger charge is -2.79. The topological polar surface area (TPSA) is 0 Å². The van der Waals surface area contributed by atoms with Gasteiger partial charge in [-0.15, -0.1) is 0 Å². The molecule has 0 N–H and O–H groups in total. The Balaban J connectivity index is 1.89. The molecule has 0 aliphatic heterocycles. The predicted octanol–water partition coefficient (Wildman–Crippen LogP) is 2.10. The van der Waals surface area contributed by atoms with Crippen LogP contribution in [0.15, 0.2) is 24.3 Å². The Morgan fingerprint density at radius 3 is 1.25 bits per heavy atom. The maximum absolute atomic E-state index is 2.54. The Morgan fingerprint density at radius 1 is 0.417 bits per heavy atom. The third-order valence-corrected chi connectivity index (χ3v) is 5.56. The van der Waals surface area contributed by atoms with Crippen LogP contribution < -0.4 is 0 Å². The predicted molar refractivity (Wildman–Crippen MR) is 46.2 cm³/mol. The van der Waals surface area contributed by atoms with Crippen LogP contribution in [0, 0.1) is 47.3 Å². The molecule has 4 saturated carbocycles. The maximum Gasteiger partial charge on any atom is -0.0130 e. The van der Waals surface area contributed by atoms with E-state index in [4.69, 9.17) is 0 Å². The van der Waals surface area contributed by atoms with E-state index in [0.717, 1.165) is 47.3 Å². The monoisotopic (exact) mass is 156 g/mol. The van der Waals surface area contributed by atoms with Crippen LogP contribution in [0.25, 0.3) is 0 Å². The molecule has 0 aromatic heterocycles. The SMILES string of the molecule is C1=CC2C3C4C=CC5C(C14)C2C53. The van der Waals surface area contributed by atoms with Gasteiger partial charge in [-0.25, -0.2) is 0 Å². The zero-order valence-corrected chi connectivity index (χ0v) is 6.93. The second-order valence-corrected chi connectivity index (χ2v) is 5.39. The summed E-state index contributed by atoms with van der Waals surface area (Å²) in [6, 6.07) is 0. The van der Waals surface area contributed by atoms with Crippen molar-refractivity contribution in [2.24, 2.45) is 47.3 Å². The maximum atomic E-state index is 2.54. The molecule has 0 aromatic rings. The molecule has 60 valence electrons. The van der Waals surface area contributed by atoms with Gasteiger partial charge < -0.3 is 0 Å². The van der Waals surface area contributed by atoms with Crippen LogP contribution in [0.3, 0.4) is 0 Å². The highest BCUT2D eigenvalue weighted by Crippen LogP contribution is 2.79. The number of rotatable bonds is 0. The van der Waals surface area contributed by atoms with Crippen LogP contribution >= 0.6 is 0 Å². The van der Waals surface area contributed by atoms with E-state index in [9.17, 15) is 0 Å². The summed E-state index contributed by atoms with van der Waals surface area (Å²) in [5.74, 6) is 8.50. The minimum Gasteiger partial charge on any atom is -0.0845 e. The summed E-state index contributed by atoms with van der Waals surface area (Å²) in [4.78, 5) is 0. The largest absolute Gasteiger partial charge is 0.0845 e. The Kier molecular flexibility index (Phi) is 0.547. The number of hydrogen-bond donors (Lipinski definition) is 0. The minimum atomic E-state index is 0.977. The zero-order chi connectivity index (χ0) is 7.45. The van der Waals surface area contributed by atoms with E-state index >= 15 is 0 Å². The number of allylic oxidation sites excluding steroid dienone is 4. The molecule has 8 aliphatic rings. The highest BCUT2D eigenvalue weighted by molar-refractivity contribution is 5.38. The van der Waals surface area contributed by atoms with E-state index in [2.05, 4.69) is 24.3 Å². The minimum absolute atomic E-state index is 0.977. The van der Waals surface area contributed by atoms with Crippen LogP contribution in [-0.4, -0.2) is 0 Å². The van der Waals surface area contributed by atoms with Crippen LogP contribution in [-0.2, 0) is 0 Å². The summed E-state index contributed by atoms with van der Waals surface area (Å²) in [6.07, 6.45) is 10.2. The summed E-state index contributed by atoms with van der Waals surface area (Å²) in [5, 5.41) is 0. The Bertz CT molecular complexity index is 304. The highest BCUT2D eigenvalue weighted by Gasteiger charge is 2.75. The van der Waals surface area contributed by atoms with E-state index in [1.54, 1.807) is 0 Å². The molecule has 0 aromatic carbocycles. The van der Waals surface area contributed by atoms with Crippen LogP contribution in [0.1, 0.15) is 0 Å². The van der Waals surface area contributed by atoms with E-state index < -0.39 is 0 Å². The van der Waals surface area contributed by atoms with Gasteiger partial charge in [0, 0.05) is 0 Å².